The van der Waals surface area contributed by atoms with Gasteiger partial charge in [-0.2, -0.15) is 5.10 Å². The van der Waals surface area contributed by atoms with E-state index in [4.69, 9.17) is 4.74 Å². The summed E-state index contributed by atoms with van der Waals surface area (Å²) in [6.45, 7) is 7.54. The maximum Gasteiger partial charge on any atom is 0.257 e. The van der Waals surface area contributed by atoms with Gasteiger partial charge in [-0.05, 0) is 12.3 Å². The first-order chi connectivity index (χ1) is 11.0. The van der Waals surface area contributed by atoms with Crippen LogP contribution in [0.4, 0.5) is 0 Å². The number of rotatable bonds is 5. The topological polar surface area (TPSA) is 67.7 Å². The van der Waals surface area contributed by atoms with Crippen molar-refractivity contribution in [2.24, 2.45) is 5.92 Å². The van der Waals surface area contributed by atoms with Crippen molar-refractivity contribution in [2.45, 2.75) is 26.8 Å². The molecule has 0 radical (unpaired) electrons. The Bertz CT molecular complexity index is 541. The monoisotopic (exact) mass is 322 g/mol. The van der Waals surface area contributed by atoms with Gasteiger partial charge in [-0.1, -0.05) is 13.8 Å². The highest BCUT2D eigenvalue weighted by molar-refractivity contribution is 5.93. The van der Waals surface area contributed by atoms with Crippen molar-refractivity contribution in [2.75, 3.05) is 39.9 Å². The molecule has 0 aromatic carbocycles. The summed E-state index contributed by atoms with van der Waals surface area (Å²) in [5.74, 6) is 0.448. The molecule has 1 fully saturated rings. The van der Waals surface area contributed by atoms with E-state index in [1.165, 1.54) is 7.11 Å². The summed E-state index contributed by atoms with van der Waals surface area (Å²) >= 11 is 0. The Labute approximate surface area is 137 Å². The molecule has 2 heterocycles. The molecule has 1 aromatic rings. The lowest BCUT2D eigenvalue weighted by atomic mass is 10.2. The minimum absolute atomic E-state index is 0.0129. The molecule has 0 aliphatic carbocycles. The van der Waals surface area contributed by atoms with Crippen molar-refractivity contribution in [1.29, 1.82) is 0 Å². The molecular weight excluding hydrogens is 296 g/mol. The predicted molar refractivity (Wildman–Crippen MR) is 86.0 cm³/mol. The van der Waals surface area contributed by atoms with E-state index in [2.05, 4.69) is 18.9 Å². The van der Waals surface area contributed by atoms with Crippen LogP contribution >= 0.6 is 0 Å². The number of hydrogen-bond donors (Lipinski definition) is 0. The SMILES string of the molecule is COCC(=O)N1CCCN(C(=O)c2cnn(CC(C)C)c2)CC1. The normalized spacial score (nSPS) is 15.8. The Morgan fingerprint density at radius 3 is 2.61 bits per heavy atom. The predicted octanol–water partition coefficient (Wildman–Crippen LogP) is 0.860. The van der Waals surface area contributed by atoms with Crippen LogP contribution in [0, 0.1) is 5.92 Å². The van der Waals surface area contributed by atoms with Crippen molar-refractivity contribution in [3.63, 3.8) is 0 Å². The number of nitrogens with zero attached hydrogens (tertiary/aromatic N) is 4. The van der Waals surface area contributed by atoms with Crippen LogP contribution in [0.1, 0.15) is 30.6 Å². The Kier molecular flexibility index (Phi) is 6.15. The molecule has 0 atom stereocenters. The minimum atomic E-state index is -0.0217. The largest absolute Gasteiger partial charge is 0.375 e. The number of hydrogen-bond acceptors (Lipinski definition) is 4. The highest BCUT2D eigenvalue weighted by atomic mass is 16.5. The molecule has 23 heavy (non-hydrogen) atoms. The molecule has 2 rings (SSSR count). The van der Waals surface area contributed by atoms with Crippen LogP contribution in [0.5, 0.6) is 0 Å². The first-order valence-electron chi connectivity index (χ1n) is 8.09. The summed E-state index contributed by atoms with van der Waals surface area (Å²) in [7, 11) is 1.51. The number of carbonyl (C=O) groups is 2. The van der Waals surface area contributed by atoms with Gasteiger partial charge in [-0.25, -0.2) is 0 Å². The third-order valence-electron chi connectivity index (χ3n) is 3.84. The van der Waals surface area contributed by atoms with Crippen LogP contribution in [-0.4, -0.2) is 71.3 Å². The molecule has 1 saturated heterocycles. The molecule has 7 heteroatoms. The fourth-order valence-electron chi connectivity index (χ4n) is 2.72. The maximum atomic E-state index is 12.6. The van der Waals surface area contributed by atoms with Crippen LogP contribution in [0.15, 0.2) is 12.4 Å². The minimum Gasteiger partial charge on any atom is -0.375 e. The van der Waals surface area contributed by atoms with Gasteiger partial charge in [-0.15, -0.1) is 0 Å². The van der Waals surface area contributed by atoms with Crippen molar-refractivity contribution >= 4 is 11.8 Å². The quantitative estimate of drug-likeness (QED) is 0.806. The molecule has 0 N–H and O–H groups in total. The molecule has 1 aromatic heterocycles. The van der Waals surface area contributed by atoms with E-state index in [0.717, 1.165) is 13.0 Å². The number of carbonyl (C=O) groups excluding carboxylic acids is 2. The number of aromatic nitrogens is 2. The summed E-state index contributed by atoms with van der Waals surface area (Å²) in [5, 5.41) is 4.25. The Morgan fingerprint density at radius 1 is 1.22 bits per heavy atom. The third kappa shape index (κ3) is 4.79. The van der Waals surface area contributed by atoms with Crippen LogP contribution in [0.2, 0.25) is 0 Å². The fourth-order valence-corrected chi connectivity index (χ4v) is 2.72. The average Bonchev–Trinajstić information content (AvgIpc) is 2.81. The maximum absolute atomic E-state index is 12.6. The van der Waals surface area contributed by atoms with E-state index in [0.29, 0.717) is 37.7 Å². The lowest BCUT2D eigenvalue weighted by Crippen LogP contribution is -2.38. The molecule has 0 unspecified atom stereocenters. The lowest BCUT2D eigenvalue weighted by molar-refractivity contribution is -0.135. The molecule has 0 bridgehead atoms. The van der Waals surface area contributed by atoms with Gasteiger partial charge in [0.1, 0.15) is 6.61 Å². The Morgan fingerprint density at radius 2 is 1.91 bits per heavy atom. The van der Waals surface area contributed by atoms with Crippen molar-refractivity contribution in [3.8, 4) is 0 Å². The molecule has 2 amide bonds. The van der Waals surface area contributed by atoms with E-state index in [-0.39, 0.29) is 18.4 Å². The van der Waals surface area contributed by atoms with Gasteiger partial charge < -0.3 is 14.5 Å². The second-order valence-corrected chi connectivity index (χ2v) is 6.30. The van der Waals surface area contributed by atoms with E-state index in [9.17, 15) is 9.59 Å². The fraction of sp³-hybridized carbons (Fsp3) is 0.688. The second kappa shape index (κ2) is 8.10. The second-order valence-electron chi connectivity index (χ2n) is 6.30. The summed E-state index contributed by atoms with van der Waals surface area (Å²) < 4.78 is 6.70. The van der Waals surface area contributed by atoms with E-state index >= 15 is 0 Å². The summed E-state index contributed by atoms with van der Waals surface area (Å²) in [6, 6.07) is 0. The molecule has 0 saturated carbocycles. The van der Waals surface area contributed by atoms with Gasteiger partial charge in [0.05, 0.1) is 11.8 Å². The van der Waals surface area contributed by atoms with Gasteiger partial charge in [-0.3, -0.25) is 14.3 Å². The standard InChI is InChI=1S/C16H26N4O3/c1-13(2)10-20-11-14(9-17-20)16(22)19-6-4-5-18(7-8-19)15(21)12-23-3/h9,11,13H,4-8,10,12H2,1-3H3. The highest BCUT2D eigenvalue weighted by Crippen LogP contribution is 2.10. The zero-order chi connectivity index (χ0) is 16.8. The zero-order valence-electron chi connectivity index (χ0n) is 14.2. The van der Waals surface area contributed by atoms with Gasteiger partial charge in [0.25, 0.3) is 5.91 Å². The lowest BCUT2D eigenvalue weighted by Gasteiger charge is -2.21. The first-order valence-corrected chi connectivity index (χ1v) is 8.09. The van der Waals surface area contributed by atoms with E-state index in [1.54, 1.807) is 22.2 Å². The molecule has 128 valence electrons. The number of methoxy groups -OCH3 is 1. The molecule has 7 nitrogen and oxygen atoms in total. The summed E-state index contributed by atoms with van der Waals surface area (Å²) in [5.41, 5.74) is 0.613. The van der Waals surface area contributed by atoms with Crippen molar-refractivity contribution in [3.05, 3.63) is 18.0 Å². The van der Waals surface area contributed by atoms with Gasteiger partial charge >= 0.3 is 0 Å². The summed E-state index contributed by atoms with van der Waals surface area (Å²) in [4.78, 5) is 28.1. The number of ether oxygens (including phenoxy) is 1. The van der Waals surface area contributed by atoms with Gasteiger partial charge in [0.2, 0.25) is 5.91 Å². The average molecular weight is 322 g/mol. The van der Waals surface area contributed by atoms with Crippen LogP contribution < -0.4 is 0 Å². The Balaban J connectivity index is 1.95. The van der Waals surface area contributed by atoms with Crippen LogP contribution in [0.3, 0.4) is 0 Å². The Hall–Kier alpha value is -1.89. The number of amides is 2. The smallest absolute Gasteiger partial charge is 0.257 e. The van der Waals surface area contributed by atoms with Crippen molar-refractivity contribution < 1.29 is 14.3 Å². The third-order valence-corrected chi connectivity index (χ3v) is 3.84. The zero-order valence-corrected chi connectivity index (χ0v) is 14.2. The molecule has 1 aliphatic rings. The summed E-state index contributed by atoms with van der Waals surface area (Å²) in [6.07, 6.45) is 4.21. The highest BCUT2D eigenvalue weighted by Gasteiger charge is 2.23. The molecule has 0 spiro atoms. The van der Waals surface area contributed by atoms with Crippen LogP contribution in [0.25, 0.3) is 0 Å². The molecular formula is C16H26N4O3. The van der Waals surface area contributed by atoms with Crippen molar-refractivity contribution in [1.82, 2.24) is 19.6 Å². The van der Waals surface area contributed by atoms with Gasteiger partial charge in [0, 0.05) is 46.0 Å². The molecule has 1 aliphatic heterocycles. The van der Waals surface area contributed by atoms with Gasteiger partial charge in [0.15, 0.2) is 0 Å². The first kappa shape index (κ1) is 17.5. The van der Waals surface area contributed by atoms with E-state index < -0.39 is 0 Å². The van der Waals surface area contributed by atoms with Crippen LogP contribution in [-0.2, 0) is 16.1 Å². The van der Waals surface area contributed by atoms with E-state index in [1.807, 2.05) is 4.68 Å².